The predicted octanol–water partition coefficient (Wildman–Crippen LogP) is 12.1. The number of benzene rings is 6. The van der Waals surface area contributed by atoms with Crippen LogP contribution in [0.25, 0.3) is 21.5 Å². The molecule has 0 amide bonds. The van der Waals surface area contributed by atoms with E-state index in [9.17, 15) is 21.6 Å². The van der Waals surface area contributed by atoms with Crippen LogP contribution in [0.1, 0.15) is 27.8 Å². The highest BCUT2D eigenvalue weighted by molar-refractivity contribution is 9.11. The standard InChI is InChI=1S/C26H14Br2.C12H7Br2F3O3S/c27-25-17-24-16-22(14-12-20-9-5-2-6-10-20)26(28)18-23(24)15-21(25)13-11-19-7-3-1-4-8-19;1-6-2-7-4-10(14)11(5-8(7)3-9(6)13)20-21(18,19)12(15,16)17/h1-10,15-18H;2-5H,1H3. The molecular weight excluding hydrogens is 913 g/mol. The first-order chi connectivity index (χ1) is 23.2. The van der Waals surface area contributed by atoms with Crippen LogP contribution < -0.4 is 4.18 Å². The molecule has 6 rings (SSSR count). The van der Waals surface area contributed by atoms with Gasteiger partial charge in [-0.2, -0.15) is 21.6 Å². The summed E-state index contributed by atoms with van der Waals surface area (Å²) in [6.07, 6.45) is 0. The molecule has 0 saturated heterocycles. The molecule has 0 aliphatic heterocycles. The van der Waals surface area contributed by atoms with E-state index < -0.39 is 21.4 Å². The van der Waals surface area contributed by atoms with Crippen LogP contribution in [0.15, 0.2) is 127 Å². The number of rotatable bonds is 2. The van der Waals surface area contributed by atoms with Crippen LogP contribution in [0.3, 0.4) is 0 Å². The van der Waals surface area contributed by atoms with Gasteiger partial charge in [-0.1, -0.05) is 82.1 Å². The van der Waals surface area contributed by atoms with Gasteiger partial charge in [0.15, 0.2) is 5.75 Å². The number of hydrogen-bond donors (Lipinski definition) is 0. The number of hydrogen-bond acceptors (Lipinski definition) is 3. The van der Waals surface area contributed by atoms with E-state index in [0.29, 0.717) is 5.39 Å². The van der Waals surface area contributed by atoms with Crippen molar-refractivity contribution in [1.82, 2.24) is 0 Å². The normalized spacial score (nSPS) is 11.1. The number of alkyl halides is 3. The zero-order chi connectivity index (χ0) is 35.3. The lowest BCUT2D eigenvalue weighted by Gasteiger charge is -2.12. The van der Waals surface area contributed by atoms with Gasteiger partial charge in [-0.05, 0) is 149 Å². The van der Waals surface area contributed by atoms with Crippen molar-refractivity contribution < 1.29 is 25.8 Å². The molecule has 6 aromatic rings. The van der Waals surface area contributed by atoms with Gasteiger partial charge in [-0.3, -0.25) is 0 Å². The van der Waals surface area contributed by atoms with E-state index in [4.69, 9.17) is 0 Å². The van der Waals surface area contributed by atoms with Crippen molar-refractivity contribution in [2.45, 2.75) is 12.4 Å². The van der Waals surface area contributed by atoms with Crippen molar-refractivity contribution in [2.75, 3.05) is 0 Å². The summed E-state index contributed by atoms with van der Waals surface area (Å²) in [6.45, 7) is 1.86. The Bertz CT molecular complexity index is 2330. The van der Waals surface area contributed by atoms with Crippen molar-refractivity contribution in [3.63, 3.8) is 0 Å². The Hall–Kier alpha value is -3.58. The van der Waals surface area contributed by atoms with Gasteiger partial charge < -0.3 is 4.18 Å². The third kappa shape index (κ3) is 9.36. The molecule has 0 fully saturated rings. The van der Waals surface area contributed by atoms with Crippen molar-refractivity contribution >= 4 is 95.4 Å². The molecule has 0 aromatic heterocycles. The second-order valence-electron chi connectivity index (χ2n) is 10.5. The molecule has 49 heavy (non-hydrogen) atoms. The van der Waals surface area contributed by atoms with Crippen LogP contribution in [0.4, 0.5) is 13.2 Å². The molecule has 3 nitrogen and oxygen atoms in total. The molecule has 0 atom stereocenters. The largest absolute Gasteiger partial charge is 0.534 e. The fourth-order valence-electron chi connectivity index (χ4n) is 4.42. The SMILES string of the molecule is Brc1cc2cc(C#Cc3ccccc3)c(Br)cc2cc1C#Cc1ccccc1.Cc1cc2cc(Br)c(OS(=O)(=O)C(F)(F)F)cc2cc1Br. The minimum Gasteiger partial charge on any atom is -0.375 e. The maximum atomic E-state index is 12.3. The maximum absolute atomic E-state index is 12.3. The summed E-state index contributed by atoms with van der Waals surface area (Å²) in [6, 6.07) is 34.6. The van der Waals surface area contributed by atoms with Crippen LogP contribution in [0.2, 0.25) is 0 Å². The summed E-state index contributed by atoms with van der Waals surface area (Å²) >= 11 is 13.6. The van der Waals surface area contributed by atoms with Gasteiger partial charge in [0.2, 0.25) is 0 Å². The van der Waals surface area contributed by atoms with Gasteiger partial charge in [0, 0.05) is 35.7 Å². The summed E-state index contributed by atoms with van der Waals surface area (Å²) in [4.78, 5) is 0. The molecular formula is C38H21Br4F3O3S. The average molecular weight is 934 g/mol. The summed E-state index contributed by atoms with van der Waals surface area (Å²) in [5.41, 5.74) is -0.608. The van der Waals surface area contributed by atoms with Crippen molar-refractivity contribution in [3.8, 4) is 29.4 Å². The van der Waals surface area contributed by atoms with Crippen LogP contribution in [0.5, 0.6) is 5.75 Å². The number of aryl methyl sites for hydroxylation is 1. The Morgan fingerprint density at radius 2 is 0.959 bits per heavy atom. The molecule has 6 aromatic carbocycles. The topological polar surface area (TPSA) is 43.4 Å². The molecule has 0 aliphatic carbocycles. The third-order valence-corrected chi connectivity index (χ3v) is 10.6. The molecule has 0 unspecified atom stereocenters. The first kappa shape index (κ1) is 36.7. The highest BCUT2D eigenvalue weighted by Crippen LogP contribution is 2.36. The first-order valence-electron chi connectivity index (χ1n) is 14.2. The van der Waals surface area contributed by atoms with Gasteiger partial charge in [-0.15, -0.1) is 0 Å². The van der Waals surface area contributed by atoms with Crippen LogP contribution >= 0.6 is 63.7 Å². The Labute approximate surface area is 315 Å². The lowest BCUT2D eigenvalue weighted by atomic mass is 10.0. The van der Waals surface area contributed by atoms with Crippen LogP contribution in [-0.4, -0.2) is 13.9 Å². The van der Waals surface area contributed by atoms with Gasteiger partial charge in [-0.25, -0.2) is 0 Å². The Morgan fingerprint density at radius 3 is 1.43 bits per heavy atom. The first-order valence-corrected chi connectivity index (χ1v) is 18.8. The molecule has 0 saturated carbocycles. The smallest absolute Gasteiger partial charge is 0.375 e. The molecule has 11 heteroatoms. The van der Waals surface area contributed by atoms with Gasteiger partial charge in [0.05, 0.1) is 4.47 Å². The van der Waals surface area contributed by atoms with Crippen molar-refractivity contribution in [2.24, 2.45) is 0 Å². The third-order valence-electron chi connectivity index (χ3n) is 6.89. The zero-order valence-corrected chi connectivity index (χ0v) is 32.3. The fourth-order valence-corrected chi connectivity index (χ4v) is 6.72. The van der Waals surface area contributed by atoms with E-state index in [1.54, 1.807) is 6.07 Å². The number of halogens is 7. The molecule has 0 spiro atoms. The Balaban J connectivity index is 0.000000200. The van der Waals surface area contributed by atoms with Crippen molar-refractivity contribution in [3.05, 3.63) is 155 Å². The summed E-state index contributed by atoms with van der Waals surface area (Å²) in [5.74, 6) is 12.5. The summed E-state index contributed by atoms with van der Waals surface area (Å²) in [7, 11) is -5.70. The summed E-state index contributed by atoms with van der Waals surface area (Å²) in [5, 5.41) is 3.53. The van der Waals surface area contributed by atoms with E-state index in [0.717, 1.165) is 57.4 Å². The molecule has 0 aliphatic rings. The zero-order valence-electron chi connectivity index (χ0n) is 25.2. The highest BCUT2D eigenvalue weighted by Gasteiger charge is 2.48. The van der Waals surface area contributed by atoms with E-state index in [1.807, 2.05) is 73.7 Å². The van der Waals surface area contributed by atoms with E-state index in [2.05, 4.69) is 116 Å². The van der Waals surface area contributed by atoms with E-state index in [-0.39, 0.29) is 4.47 Å². The maximum Gasteiger partial charge on any atom is 0.534 e. The minimum absolute atomic E-state index is 0.115. The molecule has 0 heterocycles. The van der Waals surface area contributed by atoms with Crippen molar-refractivity contribution in [1.29, 1.82) is 0 Å². The lowest BCUT2D eigenvalue weighted by Crippen LogP contribution is -2.28. The Morgan fingerprint density at radius 1 is 0.551 bits per heavy atom. The van der Waals surface area contributed by atoms with E-state index in [1.165, 1.54) is 12.1 Å². The fraction of sp³-hybridized carbons (Fsp3) is 0.0526. The molecule has 246 valence electrons. The van der Waals surface area contributed by atoms with E-state index >= 15 is 0 Å². The summed E-state index contributed by atoms with van der Waals surface area (Å²) < 4.78 is 66.1. The van der Waals surface area contributed by atoms with Crippen LogP contribution in [-0.2, 0) is 10.1 Å². The van der Waals surface area contributed by atoms with Gasteiger partial charge >= 0.3 is 15.6 Å². The highest BCUT2D eigenvalue weighted by atomic mass is 79.9. The lowest BCUT2D eigenvalue weighted by molar-refractivity contribution is -0.0500. The van der Waals surface area contributed by atoms with Gasteiger partial charge in [0.1, 0.15) is 0 Å². The minimum atomic E-state index is -5.70. The quantitative estimate of drug-likeness (QED) is 0.0987. The molecule has 0 N–H and O–H groups in total. The Kier molecular flexibility index (Phi) is 11.6. The monoisotopic (exact) mass is 930 g/mol. The second-order valence-corrected chi connectivity index (χ2v) is 15.4. The number of fused-ring (bicyclic) bond motifs is 2. The van der Waals surface area contributed by atoms with Gasteiger partial charge in [0.25, 0.3) is 0 Å². The second kappa shape index (κ2) is 15.5. The predicted molar refractivity (Wildman–Crippen MR) is 204 cm³/mol. The van der Waals surface area contributed by atoms with Crippen LogP contribution in [0, 0.1) is 30.6 Å². The molecule has 0 bridgehead atoms. The average Bonchev–Trinajstić information content (AvgIpc) is 3.05. The molecule has 0 radical (unpaired) electrons.